The highest BCUT2D eigenvalue weighted by molar-refractivity contribution is 9.09. The maximum Gasteiger partial charge on any atom is 0.0702 e. The lowest BCUT2D eigenvalue weighted by molar-refractivity contribution is 0.0799. The number of alkyl halides is 1. The summed E-state index contributed by atoms with van der Waals surface area (Å²) >= 11 is 3.56. The van der Waals surface area contributed by atoms with Gasteiger partial charge in [0.15, 0.2) is 0 Å². The van der Waals surface area contributed by atoms with Crippen LogP contribution < -0.4 is 0 Å². The van der Waals surface area contributed by atoms with Gasteiger partial charge in [0, 0.05) is 25.0 Å². The molecule has 76 valence electrons. The Kier molecular flexibility index (Phi) is 3.64. The molecule has 3 heteroatoms. The Balaban J connectivity index is 1.70. The van der Waals surface area contributed by atoms with E-state index in [1.54, 1.807) is 0 Å². The highest BCUT2D eigenvalue weighted by atomic mass is 79.9. The van der Waals surface area contributed by atoms with Gasteiger partial charge in [0.05, 0.1) is 6.10 Å². The zero-order chi connectivity index (χ0) is 9.10. The van der Waals surface area contributed by atoms with E-state index in [-0.39, 0.29) is 0 Å². The van der Waals surface area contributed by atoms with Crippen LogP contribution in [0.1, 0.15) is 19.3 Å². The van der Waals surface area contributed by atoms with Crippen molar-refractivity contribution in [3.63, 3.8) is 0 Å². The van der Waals surface area contributed by atoms with Crippen molar-refractivity contribution in [3.8, 4) is 0 Å². The predicted molar refractivity (Wildman–Crippen MR) is 57.3 cm³/mol. The fourth-order valence-electron chi connectivity index (χ4n) is 2.28. The largest absolute Gasteiger partial charge is 0.377 e. The first-order chi connectivity index (χ1) is 6.38. The number of ether oxygens (including phenoxy) is 1. The first kappa shape index (κ1) is 9.94. The summed E-state index contributed by atoms with van der Waals surface area (Å²) < 4.78 is 5.63. The van der Waals surface area contributed by atoms with E-state index in [0.717, 1.165) is 17.9 Å². The molecule has 2 unspecified atom stereocenters. The second-order valence-electron chi connectivity index (χ2n) is 4.20. The van der Waals surface area contributed by atoms with E-state index in [9.17, 15) is 0 Å². The van der Waals surface area contributed by atoms with Crippen LogP contribution in [0.5, 0.6) is 0 Å². The van der Waals surface area contributed by atoms with Crippen molar-refractivity contribution in [2.24, 2.45) is 5.92 Å². The van der Waals surface area contributed by atoms with E-state index >= 15 is 0 Å². The normalized spacial score (nSPS) is 35.8. The van der Waals surface area contributed by atoms with Crippen LogP contribution in [0.3, 0.4) is 0 Å². The number of nitrogens with zero attached hydrogens (tertiary/aromatic N) is 1. The first-order valence-electron chi connectivity index (χ1n) is 5.28. The van der Waals surface area contributed by atoms with Gasteiger partial charge in [-0.05, 0) is 31.7 Å². The number of hydrogen-bond acceptors (Lipinski definition) is 2. The smallest absolute Gasteiger partial charge is 0.0702 e. The Morgan fingerprint density at radius 1 is 1.38 bits per heavy atom. The molecule has 0 aromatic heterocycles. The number of rotatable bonds is 3. The van der Waals surface area contributed by atoms with Crippen LogP contribution in [0.25, 0.3) is 0 Å². The average molecular weight is 248 g/mol. The third kappa shape index (κ3) is 2.67. The van der Waals surface area contributed by atoms with E-state index in [4.69, 9.17) is 4.74 Å². The molecule has 2 fully saturated rings. The number of halogens is 1. The van der Waals surface area contributed by atoms with Crippen molar-refractivity contribution in [1.82, 2.24) is 4.90 Å². The van der Waals surface area contributed by atoms with Gasteiger partial charge in [-0.15, -0.1) is 0 Å². The number of likely N-dealkylation sites (tertiary alicyclic amines) is 1. The SMILES string of the molecule is BrCC1CCN(CC2CCCO2)C1. The second kappa shape index (κ2) is 4.76. The van der Waals surface area contributed by atoms with Crippen LogP contribution in [0.2, 0.25) is 0 Å². The molecule has 0 bridgehead atoms. The molecule has 2 aliphatic rings. The standard InChI is InChI=1S/C10H18BrNO/c11-6-9-3-4-12(7-9)8-10-2-1-5-13-10/h9-10H,1-8H2. The van der Waals surface area contributed by atoms with Gasteiger partial charge >= 0.3 is 0 Å². The zero-order valence-corrected chi connectivity index (χ0v) is 9.63. The molecule has 2 nitrogen and oxygen atoms in total. The summed E-state index contributed by atoms with van der Waals surface area (Å²) in [5, 5.41) is 1.16. The van der Waals surface area contributed by atoms with Gasteiger partial charge in [0.25, 0.3) is 0 Å². The summed E-state index contributed by atoms with van der Waals surface area (Å²) in [5.74, 6) is 0.876. The zero-order valence-electron chi connectivity index (χ0n) is 8.04. The fourth-order valence-corrected chi connectivity index (χ4v) is 2.81. The first-order valence-corrected chi connectivity index (χ1v) is 6.40. The predicted octanol–water partition coefficient (Wildman–Crippen LogP) is 1.88. The molecule has 0 aliphatic carbocycles. The van der Waals surface area contributed by atoms with Crippen LogP contribution in [0, 0.1) is 5.92 Å². The molecule has 0 N–H and O–H groups in total. The molecule has 0 radical (unpaired) electrons. The lowest BCUT2D eigenvalue weighted by Crippen LogP contribution is -2.30. The molecule has 0 aromatic rings. The summed E-state index contributed by atoms with van der Waals surface area (Å²) in [7, 11) is 0. The van der Waals surface area contributed by atoms with Crippen LogP contribution >= 0.6 is 15.9 Å². The third-order valence-electron chi connectivity index (χ3n) is 3.07. The van der Waals surface area contributed by atoms with E-state index in [1.807, 2.05) is 0 Å². The summed E-state index contributed by atoms with van der Waals surface area (Å²) in [6.45, 7) is 4.70. The molecule has 2 saturated heterocycles. The van der Waals surface area contributed by atoms with Gasteiger partial charge in [0.2, 0.25) is 0 Å². The van der Waals surface area contributed by atoms with Gasteiger partial charge in [-0.3, -0.25) is 0 Å². The minimum atomic E-state index is 0.536. The highest BCUT2D eigenvalue weighted by Gasteiger charge is 2.25. The molecule has 0 amide bonds. The fraction of sp³-hybridized carbons (Fsp3) is 1.00. The van der Waals surface area contributed by atoms with Crippen molar-refractivity contribution in [3.05, 3.63) is 0 Å². The van der Waals surface area contributed by atoms with Gasteiger partial charge in [-0.25, -0.2) is 0 Å². The molecule has 2 aliphatic heterocycles. The van der Waals surface area contributed by atoms with Crippen LogP contribution in [-0.2, 0) is 4.74 Å². The molecular formula is C10H18BrNO. The van der Waals surface area contributed by atoms with Gasteiger partial charge in [0.1, 0.15) is 0 Å². The van der Waals surface area contributed by atoms with Crippen molar-refractivity contribution in [1.29, 1.82) is 0 Å². The van der Waals surface area contributed by atoms with Crippen LogP contribution in [0.4, 0.5) is 0 Å². The molecule has 2 atom stereocenters. The van der Waals surface area contributed by atoms with Crippen LogP contribution in [0.15, 0.2) is 0 Å². The topological polar surface area (TPSA) is 12.5 Å². The average Bonchev–Trinajstić information content (AvgIpc) is 2.76. The van der Waals surface area contributed by atoms with Gasteiger partial charge in [-0.2, -0.15) is 0 Å². The molecule has 0 spiro atoms. The Hall–Kier alpha value is 0.400. The minimum Gasteiger partial charge on any atom is -0.377 e. The summed E-state index contributed by atoms with van der Waals surface area (Å²) in [6, 6.07) is 0. The molecule has 0 saturated carbocycles. The van der Waals surface area contributed by atoms with E-state index in [1.165, 1.54) is 38.9 Å². The van der Waals surface area contributed by atoms with E-state index < -0.39 is 0 Å². The lowest BCUT2D eigenvalue weighted by atomic mass is 10.2. The maximum atomic E-state index is 5.63. The van der Waals surface area contributed by atoms with Crippen molar-refractivity contribution in [2.75, 3.05) is 31.6 Å². The van der Waals surface area contributed by atoms with E-state index in [2.05, 4.69) is 20.8 Å². The van der Waals surface area contributed by atoms with Crippen molar-refractivity contribution >= 4 is 15.9 Å². The van der Waals surface area contributed by atoms with Crippen molar-refractivity contribution in [2.45, 2.75) is 25.4 Å². The monoisotopic (exact) mass is 247 g/mol. The summed E-state index contributed by atoms with van der Waals surface area (Å²) in [4.78, 5) is 2.56. The molecule has 2 rings (SSSR count). The van der Waals surface area contributed by atoms with E-state index in [0.29, 0.717) is 6.10 Å². The lowest BCUT2D eigenvalue weighted by Gasteiger charge is -2.19. The quantitative estimate of drug-likeness (QED) is 0.707. The summed E-state index contributed by atoms with van der Waals surface area (Å²) in [5.41, 5.74) is 0. The molecule has 2 heterocycles. The maximum absolute atomic E-state index is 5.63. The van der Waals surface area contributed by atoms with Gasteiger partial charge in [-0.1, -0.05) is 15.9 Å². The summed E-state index contributed by atoms with van der Waals surface area (Å²) in [6.07, 6.45) is 4.43. The Morgan fingerprint density at radius 3 is 2.92 bits per heavy atom. The molecule has 0 aromatic carbocycles. The third-order valence-corrected chi connectivity index (χ3v) is 3.99. The van der Waals surface area contributed by atoms with Gasteiger partial charge < -0.3 is 9.64 Å². The second-order valence-corrected chi connectivity index (χ2v) is 4.85. The Labute approximate surface area is 88.8 Å². The Bertz CT molecular complexity index is 159. The highest BCUT2D eigenvalue weighted by Crippen LogP contribution is 2.21. The van der Waals surface area contributed by atoms with Crippen molar-refractivity contribution < 1.29 is 4.74 Å². The van der Waals surface area contributed by atoms with Crippen LogP contribution in [-0.4, -0.2) is 42.6 Å². The molecular weight excluding hydrogens is 230 g/mol. The number of hydrogen-bond donors (Lipinski definition) is 0. The minimum absolute atomic E-state index is 0.536. The molecule has 13 heavy (non-hydrogen) atoms. The Morgan fingerprint density at radius 2 is 2.31 bits per heavy atom.